The molecule has 0 unspecified atom stereocenters. The molecule has 0 fully saturated rings. The number of hydrogen-bond donors (Lipinski definition) is 1. The topological polar surface area (TPSA) is 69.6 Å². The van der Waals surface area contributed by atoms with Gasteiger partial charge in [-0.3, -0.25) is 0 Å². The number of rotatable bonds is 1. The van der Waals surface area contributed by atoms with Crippen molar-refractivity contribution in [1.82, 2.24) is 17.3 Å². The van der Waals surface area contributed by atoms with Gasteiger partial charge in [-0.1, -0.05) is 0 Å². The molecular weight excluding hydrogens is 343 g/mol. The van der Waals surface area contributed by atoms with Gasteiger partial charge in [-0.25, -0.2) is 0 Å². The van der Waals surface area contributed by atoms with E-state index in [0.717, 1.165) is 11.2 Å². The SMILES string of the molecule is [CH3][Hg][n]1cnc2c(N)ncnc21. The van der Waals surface area contributed by atoms with E-state index in [1.54, 1.807) is 0 Å². The van der Waals surface area contributed by atoms with Crippen molar-refractivity contribution in [3.8, 4) is 0 Å². The molecule has 0 saturated heterocycles. The standard InChI is InChI=1S/C5H4N5.CH3.Hg/c6-4-3-5(9-1-7-3)10-2-8-4;;/h1-2H,(H2-,6,7,8,9,10);1H3;/q-1;;+1. The van der Waals surface area contributed by atoms with Crippen molar-refractivity contribution >= 4 is 17.0 Å². The van der Waals surface area contributed by atoms with Gasteiger partial charge >= 0.3 is 82.0 Å². The molecule has 2 aromatic heterocycles. The molecule has 2 N–H and O–H groups in total. The van der Waals surface area contributed by atoms with Crippen LogP contribution in [0.2, 0.25) is 4.43 Å². The molecule has 2 rings (SSSR count). The Balaban J connectivity index is 2.80. The van der Waals surface area contributed by atoms with Gasteiger partial charge in [0, 0.05) is 0 Å². The molecular formula is C6H7HgN5. The molecule has 2 heterocycles. The number of nitrogen functional groups attached to an aromatic ring is 1. The number of fused-ring (bicyclic) bond motifs is 1. The van der Waals surface area contributed by atoms with Gasteiger partial charge in [0.15, 0.2) is 0 Å². The van der Waals surface area contributed by atoms with Gasteiger partial charge in [-0.2, -0.15) is 0 Å². The normalized spacial score (nSPS) is 10.1. The fourth-order valence-corrected chi connectivity index (χ4v) is 4.15. The first-order chi connectivity index (χ1) is 5.83. The van der Waals surface area contributed by atoms with E-state index in [9.17, 15) is 0 Å². The van der Waals surface area contributed by atoms with Crippen LogP contribution < -0.4 is 5.73 Å². The quantitative estimate of drug-likeness (QED) is 0.752. The van der Waals surface area contributed by atoms with Crippen molar-refractivity contribution in [3.63, 3.8) is 0 Å². The fourth-order valence-electron chi connectivity index (χ4n) is 1.13. The third kappa shape index (κ3) is 1.08. The Morgan fingerprint density at radius 3 is 3.00 bits per heavy atom. The Kier molecular flexibility index (Phi) is 1.96. The number of nitrogens with two attached hydrogens (primary N) is 1. The number of aromatic nitrogens is 4. The summed E-state index contributed by atoms with van der Waals surface area (Å²) in [6, 6.07) is 0. The van der Waals surface area contributed by atoms with E-state index >= 15 is 0 Å². The van der Waals surface area contributed by atoms with Crippen LogP contribution in [0.15, 0.2) is 12.7 Å². The Morgan fingerprint density at radius 2 is 2.25 bits per heavy atom. The molecule has 58 valence electrons. The summed E-state index contributed by atoms with van der Waals surface area (Å²) in [5.41, 5.74) is 7.25. The monoisotopic (exact) mass is 351 g/mol. The summed E-state index contributed by atoms with van der Waals surface area (Å²) in [6.45, 7) is 0. The van der Waals surface area contributed by atoms with Gasteiger partial charge in [0.1, 0.15) is 0 Å². The Hall–Kier alpha value is -0.715. The summed E-state index contributed by atoms with van der Waals surface area (Å²) in [5, 5.41) is 0. The van der Waals surface area contributed by atoms with E-state index in [0.29, 0.717) is 5.82 Å². The van der Waals surface area contributed by atoms with Gasteiger partial charge in [-0.15, -0.1) is 0 Å². The van der Waals surface area contributed by atoms with Gasteiger partial charge < -0.3 is 0 Å². The summed E-state index contributed by atoms with van der Waals surface area (Å²) in [6.07, 6.45) is 3.30. The third-order valence-electron chi connectivity index (χ3n) is 1.77. The molecule has 0 aliphatic rings. The predicted molar refractivity (Wildman–Crippen MR) is 41.0 cm³/mol. The molecule has 5 nitrogen and oxygen atoms in total. The number of anilines is 1. The molecule has 0 aliphatic carbocycles. The first kappa shape index (κ1) is 7.91. The summed E-state index contributed by atoms with van der Waals surface area (Å²) in [7, 11) is 0. The van der Waals surface area contributed by atoms with Crippen molar-refractivity contribution in [1.29, 1.82) is 0 Å². The number of hydrogen-bond acceptors (Lipinski definition) is 4. The summed E-state index contributed by atoms with van der Waals surface area (Å²) < 4.78 is 4.40. The van der Waals surface area contributed by atoms with Crippen LogP contribution in [0.4, 0.5) is 5.82 Å². The Morgan fingerprint density at radius 1 is 1.42 bits per heavy atom. The van der Waals surface area contributed by atoms with Crippen LogP contribution in [0, 0.1) is 0 Å². The van der Waals surface area contributed by atoms with E-state index < -0.39 is 24.9 Å². The van der Waals surface area contributed by atoms with Crippen LogP contribution in [0.5, 0.6) is 0 Å². The molecule has 0 saturated carbocycles. The Bertz CT molecular complexity index is 409. The predicted octanol–water partition coefficient (Wildman–Crippen LogP) is 0.302. The van der Waals surface area contributed by atoms with Crippen molar-refractivity contribution in [2.45, 2.75) is 4.43 Å². The minimum atomic E-state index is -0.978. The Labute approximate surface area is 81.9 Å². The zero-order valence-electron chi connectivity index (χ0n) is 6.73. The van der Waals surface area contributed by atoms with E-state index in [1.165, 1.54) is 6.33 Å². The zero-order valence-corrected chi connectivity index (χ0v) is 12.2. The molecule has 0 bridgehead atoms. The van der Waals surface area contributed by atoms with Crippen molar-refractivity contribution in [2.75, 3.05) is 5.73 Å². The molecule has 0 atom stereocenters. The maximum atomic E-state index is 5.62. The van der Waals surface area contributed by atoms with Crippen LogP contribution in [0.3, 0.4) is 0 Å². The zero-order chi connectivity index (χ0) is 8.55. The van der Waals surface area contributed by atoms with Gasteiger partial charge in [0.05, 0.1) is 0 Å². The summed E-state index contributed by atoms with van der Waals surface area (Å²) in [4.78, 5) is 12.2. The van der Waals surface area contributed by atoms with E-state index in [2.05, 4.69) is 21.7 Å². The van der Waals surface area contributed by atoms with E-state index in [4.69, 9.17) is 5.73 Å². The summed E-state index contributed by atoms with van der Waals surface area (Å²) >= 11 is -0.978. The van der Waals surface area contributed by atoms with Gasteiger partial charge in [0.25, 0.3) is 0 Å². The fraction of sp³-hybridized carbons (Fsp3) is 0.167. The van der Waals surface area contributed by atoms with Gasteiger partial charge in [-0.05, 0) is 0 Å². The minimum absolute atomic E-state index is 0.473. The third-order valence-corrected chi connectivity index (χ3v) is 6.22. The molecule has 0 radical (unpaired) electrons. The average molecular weight is 350 g/mol. The average Bonchev–Trinajstić information content (AvgIpc) is 2.49. The van der Waals surface area contributed by atoms with Crippen LogP contribution in [-0.2, 0) is 24.9 Å². The van der Waals surface area contributed by atoms with E-state index in [1.807, 2.05) is 6.33 Å². The second kappa shape index (κ2) is 2.97. The van der Waals surface area contributed by atoms with Crippen LogP contribution in [-0.4, -0.2) is 17.3 Å². The molecule has 0 amide bonds. The first-order valence-electron chi connectivity index (χ1n) is 3.74. The van der Waals surface area contributed by atoms with E-state index in [-0.39, 0.29) is 0 Å². The molecule has 2 aromatic rings. The second-order valence-corrected chi connectivity index (χ2v) is 7.57. The van der Waals surface area contributed by atoms with Crippen molar-refractivity contribution in [3.05, 3.63) is 12.7 Å². The molecule has 0 aliphatic heterocycles. The maximum absolute atomic E-state index is 5.62. The van der Waals surface area contributed by atoms with Crippen LogP contribution >= 0.6 is 0 Å². The molecule has 6 heteroatoms. The number of nitrogens with zero attached hydrogens (tertiary/aromatic N) is 4. The first-order valence-corrected chi connectivity index (χ1v) is 11.7. The second-order valence-electron chi connectivity index (χ2n) is 2.46. The van der Waals surface area contributed by atoms with Crippen molar-refractivity contribution in [2.24, 2.45) is 0 Å². The van der Waals surface area contributed by atoms with Crippen LogP contribution in [0.1, 0.15) is 0 Å². The van der Waals surface area contributed by atoms with Crippen molar-refractivity contribution < 1.29 is 24.9 Å². The molecule has 12 heavy (non-hydrogen) atoms. The van der Waals surface area contributed by atoms with Crippen LogP contribution in [0.25, 0.3) is 11.2 Å². The number of imidazole rings is 1. The van der Waals surface area contributed by atoms with Gasteiger partial charge in [0.2, 0.25) is 0 Å². The summed E-state index contributed by atoms with van der Waals surface area (Å²) in [5.74, 6) is 0.473. The molecule has 0 spiro atoms. The molecule has 0 aromatic carbocycles.